The summed E-state index contributed by atoms with van der Waals surface area (Å²) in [6.45, 7) is 4.96. The van der Waals surface area contributed by atoms with Crippen LogP contribution in [0.2, 0.25) is 0 Å². The summed E-state index contributed by atoms with van der Waals surface area (Å²) in [5.74, 6) is -2.82. The average Bonchev–Trinajstić information content (AvgIpc) is 3.12. The number of benzene rings is 2. The molecule has 0 N–H and O–H groups in total. The van der Waals surface area contributed by atoms with Crippen molar-refractivity contribution in [2.45, 2.75) is 44.1 Å². The van der Waals surface area contributed by atoms with E-state index >= 15 is 0 Å². The first-order chi connectivity index (χ1) is 16.3. The third-order valence-electron chi connectivity index (χ3n) is 7.88. The molecule has 8 heteroatoms. The lowest BCUT2D eigenvalue weighted by molar-refractivity contribution is -0.130. The summed E-state index contributed by atoms with van der Waals surface area (Å²) in [5.41, 5.74) is 0.233. The highest BCUT2D eigenvalue weighted by atomic mass is 19.1. The standard InChI is InChI=1S/C26H28F3N3O2/c1-17(33)30-11-7-19(8-12-30)31-13-9-26(10-14-31)16-32(23-6-5-18(27)15-20(23)26)25(34)24-21(28)3-2-4-22(24)29/h2-6,15,19H,7-14,16H2,1H3. The molecule has 3 aliphatic rings. The lowest BCUT2D eigenvalue weighted by Crippen LogP contribution is -2.52. The molecule has 0 aliphatic carbocycles. The van der Waals surface area contributed by atoms with Crippen LogP contribution in [0, 0.1) is 17.5 Å². The summed E-state index contributed by atoms with van der Waals surface area (Å²) in [4.78, 5) is 30.6. The van der Waals surface area contributed by atoms with Gasteiger partial charge in [-0.25, -0.2) is 13.2 Å². The number of likely N-dealkylation sites (tertiary alicyclic amines) is 2. The second kappa shape index (κ2) is 8.73. The number of piperidine rings is 2. The van der Waals surface area contributed by atoms with E-state index < -0.39 is 28.5 Å². The van der Waals surface area contributed by atoms with Gasteiger partial charge in [0.05, 0.1) is 0 Å². The molecule has 0 unspecified atom stereocenters. The van der Waals surface area contributed by atoms with Crippen LogP contribution in [0.4, 0.5) is 18.9 Å². The number of amides is 2. The highest BCUT2D eigenvalue weighted by Gasteiger charge is 2.48. The number of hydrogen-bond acceptors (Lipinski definition) is 3. The topological polar surface area (TPSA) is 43.9 Å². The van der Waals surface area contributed by atoms with Gasteiger partial charge in [-0.3, -0.25) is 9.59 Å². The van der Waals surface area contributed by atoms with Crippen molar-refractivity contribution in [1.29, 1.82) is 0 Å². The third kappa shape index (κ3) is 3.87. The van der Waals surface area contributed by atoms with Crippen molar-refractivity contribution in [2.24, 2.45) is 0 Å². The van der Waals surface area contributed by atoms with Gasteiger partial charge in [0.2, 0.25) is 5.91 Å². The monoisotopic (exact) mass is 471 g/mol. The first-order valence-corrected chi connectivity index (χ1v) is 11.8. The number of fused-ring (bicyclic) bond motifs is 2. The third-order valence-corrected chi connectivity index (χ3v) is 7.88. The molecule has 2 fully saturated rings. The number of rotatable bonds is 2. The van der Waals surface area contributed by atoms with Gasteiger partial charge in [-0.2, -0.15) is 0 Å². The lowest BCUT2D eigenvalue weighted by atomic mass is 9.74. The molecule has 180 valence electrons. The highest BCUT2D eigenvalue weighted by molar-refractivity contribution is 6.08. The molecule has 2 aromatic carbocycles. The van der Waals surface area contributed by atoms with E-state index in [1.54, 1.807) is 13.0 Å². The Morgan fingerprint density at radius 3 is 2.21 bits per heavy atom. The SMILES string of the molecule is CC(=O)N1CCC(N2CCC3(CC2)CN(C(=O)c2c(F)cccc2F)c2ccc(F)cc23)CC1. The second-order valence-electron chi connectivity index (χ2n) is 9.70. The van der Waals surface area contributed by atoms with Gasteiger partial charge in [0.15, 0.2) is 0 Å². The van der Waals surface area contributed by atoms with Crippen LogP contribution in [-0.4, -0.2) is 60.4 Å². The molecule has 0 saturated carbocycles. The Labute approximate surface area is 197 Å². The minimum atomic E-state index is -0.902. The van der Waals surface area contributed by atoms with Gasteiger partial charge >= 0.3 is 0 Å². The fraction of sp³-hybridized carbons (Fsp3) is 0.462. The zero-order chi connectivity index (χ0) is 24.0. The molecule has 3 heterocycles. The van der Waals surface area contributed by atoms with Gasteiger partial charge in [-0.15, -0.1) is 0 Å². The zero-order valence-electron chi connectivity index (χ0n) is 19.2. The normalized spacial score (nSPS) is 20.6. The van der Waals surface area contributed by atoms with Crippen LogP contribution >= 0.6 is 0 Å². The number of halogens is 3. The van der Waals surface area contributed by atoms with Crippen molar-refractivity contribution in [3.8, 4) is 0 Å². The van der Waals surface area contributed by atoms with Gasteiger partial charge in [-0.1, -0.05) is 6.07 Å². The molecule has 5 rings (SSSR count). The Hall–Kier alpha value is -2.87. The van der Waals surface area contributed by atoms with E-state index in [2.05, 4.69) is 4.90 Å². The van der Waals surface area contributed by atoms with Crippen LogP contribution in [0.3, 0.4) is 0 Å². The molecule has 1 spiro atoms. The second-order valence-corrected chi connectivity index (χ2v) is 9.70. The number of nitrogens with zero attached hydrogens (tertiary/aromatic N) is 3. The number of anilines is 1. The van der Waals surface area contributed by atoms with Gasteiger partial charge in [0.25, 0.3) is 5.91 Å². The average molecular weight is 472 g/mol. The van der Waals surface area contributed by atoms with Gasteiger partial charge in [-0.05, 0) is 74.7 Å². The molecule has 2 saturated heterocycles. The van der Waals surface area contributed by atoms with Crippen LogP contribution in [0.5, 0.6) is 0 Å². The van der Waals surface area contributed by atoms with Gasteiger partial charge in [0, 0.05) is 43.7 Å². The van der Waals surface area contributed by atoms with E-state index in [4.69, 9.17) is 0 Å². The summed E-state index contributed by atoms with van der Waals surface area (Å²) in [6, 6.07) is 8.07. The molecule has 2 aromatic rings. The van der Waals surface area contributed by atoms with E-state index in [1.807, 2.05) is 4.90 Å². The summed E-state index contributed by atoms with van der Waals surface area (Å²) in [6.07, 6.45) is 3.30. The largest absolute Gasteiger partial charge is 0.343 e. The van der Waals surface area contributed by atoms with Crippen LogP contribution in [0.25, 0.3) is 0 Å². The van der Waals surface area contributed by atoms with E-state index in [1.165, 1.54) is 23.1 Å². The summed E-state index contributed by atoms with van der Waals surface area (Å²) < 4.78 is 43.1. The van der Waals surface area contributed by atoms with Crippen molar-refractivity contribution in [3.05, 3.63) is 65.0 Å². The summed E-state index contributed by atoms with van der Waals surface area (Å²) in [5, 5.41) is 0. The molecule has 5 nitrogen and oxygen atoms in total. The molecule has 0 radical (unpaired) electrons. The Morgan fingerprint density at radius 2 is 1.59 bits per heavy atom. The Bertz CT molecular complexity index is 1100. The van der Waals surface area contributed by atoms with E-state index in [9.17, 15) is 22.8 Å². The maximum absolute atomic E-state index is 14.4. The predicted octanol–water partition coefficient (Wildman–Crippen LogP) is 4.11. The Morgan fingerprint density at radius 1 is 0.941 bits per heavy atom. The smallest absolute Gasteiger partial charge is 0.264 e. The van der Waals surface area contributed by atoms with Crippen molar-refractivity contribution in [1.82, 2.24) is 9.80 Å². The minimum Gasteiger partial charge on any atom is -0.343 e. The van der Waals surface area contributed by atoms with Gasteiger partial charge in [0.1, 0.15) is 23.0 Å². The van der Waals surface area contributed by atoms with E-state index in [0.29, 0.717) is 11.7 Å². The Kier molecular flexibility index (Phi) is 5.88. The van der Waals surface area contributed by atoms with Crippen molar-refractivity contribution in [3.63, 3.8) is 0 Å². The maximum atomic E-state index is 14.4. The van der Waals surface area contributed by atoms with Crippen LogP contribution < -0.4 is 4.90 Å². The zero-order valence-corrected chi connectivity index (χ0v) is 19.2. The van der Waals surface area contributed by atoms with Crippen LogP contribution in [-0.2, 0) is 10.2 Å². The molecule has 3 aliphatic heterocycles. The first-order valence-electron chi connectivity index (χ1n) is 11.8. The van der Waals surface area contributed by atoms with E-state index in [0.717, 1.165) is 69.6 Å². The van der Waals surface area contributed by atoms with Crippen molar-refractivity contribution in [2.75, 3.05) is 37.6 Å². The molecule has 34 heavy (non-hydrogen) atoms. The minimum absolute atomic E-state index is 0.108. The quantitative estimate of drug-likeness (QED) is 0.662. The fourth-order valence-corrected chi connectivity index (χ4v) is 5.95. The molecule has 0 aromatic heterocycles. The number of carbonyl (C=O) groups excluding carboxylic acids is 2. The summed E-state index contributed by atoms with van der Waals surface area (Å²) in [7, 11) is 0. The predicted molar refractivity (Wildman–Crippen MR) is 122 cm³/mol. The Balaban J connectivity index is 1.37. The van der Waals surface area contributed by atoms with Crippen LogP contribution in [0.1, 0.15) is 48.5 Å². The highest BCUT2D eigenvalue weighted by Crippen LogP contribution is 2.48. The van der Waals surface area contributed by atoms with Crippen LogP contribution in [0.15, 0.2) is 36.4 Å². The van der Waals surface area contributed by atoms with Gasteiger partial charge < -0.3 is 14.7 Å². The van der Waals surface area contributed by atoms with Crippen molar-refractivity contribution < 1.29 is 22.8 Å². The summed E-state index contributed by atoms with van der Waals surface area (Å²) >= 11 is 0. The maximum Gasteiger partial charge on any atom is 0.264 e. The number of carbonyl (C=O) groups is 2. The van der Waals surface area contributed by atoms with Crippen molar-refractivity contribution >= 4 is 17.5 Å². The first kappa shape index (κ1) is 22.9. The molecule has 0 bridgehead atoms. The lowest BCUT2D eigenvalue weighted by Gasteiger charge is -2.45. The number of hydrogen-bond donors (Lipinski definition) is 0. The molecule has 2 amide bonds. The molecular weight excluding hydrogens is 443 g/mol. The molecule has 0 atom stereocenters. The van der Waals surface area contributed by atoms with E-state index in [-0.39, 0.29) is 18.3 Å². The molecular formula is C26H28F3N3O2. The fourth-order valence-electron chi connectivity index (χ4n) is 5.95.